The minimum atomic E-state index is -5.23. The summed E-state index contributed by atoms with van der Waals surface area (Å²) in [5.41, 5.74) is -2.11. The lowest BCUT2D eigenvalue weighted by Gasteiger charge is -2.09. The highest BCUT2D eigenvalue weighted by molar-refractivity contribution is 5.71. The number of ether oxygens (including phenoxy) is 1. The second-order valence-electron chi connectivity index (χ2n) is 3.20. The molecule has 104 valence electrons. The van der Waals surface area contributed by atoms with Gasteiger partial charge in [0.1, 0.15) is 0 Å². The molecule has 8 nitrogen and oxygen atoms in total. The molecule has 2 N–H and O–H groups in total. The summed E-state index contributed by atoms with van der Waals surface area (Å²) in [6, 6.07) is 0.376. The first kappa shape index (κ1) is 14.5. The fourth-order valence-electron chi connectivity index (χ4n) is 1.17. The number of pyridine rings is 1. The van der Waals surface area contributed by atoms with Crippen molar-refractivity contribution in [2.24, 2.45) is 0 Å². The van der Waals surface area contributed by atoms with Crippen molar-refractivity contribution in [3.05, 3.63) is 32.0 Å². The van der Waals surface area contributed by atoms with Gasteiger partial charge in [-0.3, -0.25) is 9.59 Å². The molecule has 1 aromatic heterocycles. The Morgan fingerprint density at radius 1 is 1.53 bits per heavy atom. The summed E-state index contributed by atoms with van der Waals surface area (Å²) in [5, 5.41) is 18.9. The van der Waals surface area contributed by atoms with Crippen LogP contribution in [0.3, 0.4) is 0 Å². The van der Waals surface area contributed by atoms with Crippen LogP contribution >= 0.6 is 0 Å². The standard InChI is InChI=1S/C8H5F3N2O6/c9-8(10,11)19-7-3(1-6(15)16)4(14)2-5(12-7)13(17)18/h2H,1H2,(H,12,14)(H,15,16). The molecule has 1 rings (SSSR count). The average Bonchev–Trinajstić information content (AvgIpc) is 2.19. The van der Waals surface area contributed by atoms with Gasteiger partial charge in [0.25, 0.3) is 5.88 Å². The minimum absolute atomic E-state index is 0.376. The number of carboxylic acids is 1. The fourth-order valence-corrected chi connectivity index (χ4v) is 1.17. The third-order valence-corrected chi connectivity index (χ3v) is 1.82. The quantitative estimate of drug-likeness (QED) is 0.622. The molecule has 0 spiro atoms. The number of aliphatic carboxylic acids is 1. The van der Waals surface area contributed by atoms with Crippen LogP contribution < -0.4 is 10.2 Å². The molecule has 0 bridgehead atoms. The van der Waals surface area contributed by atoms with Crippen LogP contribution in [0.25, 0.3) is 0 Å². The number of carboxylic acid groups (broad SMARTS) is 1. The summed E-state index contributed by atoms with van der Waals surface area (Å²) >= 11 is 0. The summed E-state index contributed by atoms with van der Waals surface area (Å²) in [6.45, 7) is 0. The number of nitro groups is 1. The van der Waals surface area contributed by atoms with E-state index in [4.69, 9.17) is 5.11 Å². The molecule has 0 aliphatic carbocycles. The second kappa shape index (κ2) is 4.96. The molecule has 19 heavy (non-hydrogen) atoms. The van der Waals surface area contributed by atoms with Crippen molar-refractivity contribution in [2.75, 3.05) is 0 Å². The number of carbonyl (C=O) groups is 1. The molecule has 1 aromatic rings. The average molecular weight is 282 g/mol. The van der Waals surface area contributed by atoms with Crippen LogP contribution in [0.4, 0.5) is 19.0 Å². The monoisotopic (exact) mass is 282 g/mol. The Morgan fingerprint density at radius 3 is 2.53 bits per heavy atom. The number of halogens is 3. The van der Waals surface area contributed by atoms with Gasteiger partial charge in [-0.1, -0.05) is 0 Å². The molecule has 0 radical (unpaired) electrons. The number of hydrogen-bond donors (Lipinski definition) is 2. The molecule has 0 saturated carbocycles. The Morgan fingerprint density at radius 2 is 2.11 bits per heavy atom. The number of rotatable bonds is 4. The topological polar surface area (TPSA) is 123 Å². The van der Waals surface area contributed by atoms with Crippen LogP contribution in [-0.4, -0.2) is 27.3 Å². The van der Waals surface area contributed by atoms with Crippen LogP contribution in [0.2, 0.25) is 0 Å². The highest BCUT2D eigenvalue weighted by Crippen LogP contribution is 2.24. The van der Waals surface area contributed by atoms with Crippen LogP contribution in [-0.2, 0) is 11.2 Å². The van der Waals surface area contributed by atoms with Crippen molar-refractivity contribution < 1.29 is 32.7 Å². The van der Waals surface area contributed by atoms with Crippen molar-refractivity contribution in [2.45, 2.75) is 12.8 Å². The predicted molar refractivity (Wildman–Crippen MR) is 51.7 cm³/mol. The Kier molecular flexibility index (Phi) is 3.77. The Balaban J connectivity index is 3.39. The molecule has 0 aromatic carbocycles. The van der Waals surface area contributed by atoms with Crippen LogP contribution in [0.1, 0.15) is 5.56 Å². The van der Waals surface area contributed by atoms with Gasteiger partial charge >= 0.3 is 18.1 Å². The van der Waals surface area contributed by atoms with E-state index in [1.54, 1.807) is 4.98 Å². The molecular weight excluding hydrogens is 277 g/mol. The fraction of sp³-hybridized carbons (Fsp3) is 0.250. The van der Waals surface area contributed by atoms with E-state index >= 15 is 0 Å². The van der Waals surface area contributed by atoms with Crippen LogP contribution in [0.5, 0.6) is 5.88 Å². The summed E-state index contributed by atoms with van der Waals surface area (Å²) < 4.78 is 39.6. The van der Waals surface area contributed by atoms with Crippen molar-refractivity contribution in [3.63, 3.8) is 0 Å². The molecule has 0 atom stereocenters. The van der Waals surface area contributed by atoms with Crippen LogP contribution in [0.15, 0.2) is 10.9 Å². The van der Waals surface area contributed by atoms with Gasteiger partial charge in [0, 0.05) is 0 Å². The zero-order chi connectivity index (χ0) is 14.8. The van der Waals surface area contributed by atoms with Gasteiger partial charge in [-0.15, -0.1) is 13.2 Å². The maximum absolute atomic E-state index is 12.1. The lowest BCUT2D eigenvalue weighted by atomic mass is 10.2. The summed E-state index contributed by atoms with van der Waals surface area (Å²) in [4.78, 5) is 32.6. The molecule has 11 heteroatoms. The molecule has 0 aliphatic heterocycles. The molecule has 0 aliphatic rings. The smallest absolute Gasteiger partial charge is 0.481 e. The minimum Gasteiger partial charge on any atom is -0.481 e. The van der Waals surface area contributed by atoms with E-state index in [1.165, 1.54) is 0 Å². The number of aromatic nitrogens is 1. The van der Waals surface area contributed by atoms with Crippen molar-refractivity contribution in [3.8, 4) is 5.88 Å². The van der Waals surface area contributed by atoms with E-state index in [-0.39, 0.29) is 0 Å². The summed E-state index contributed by atoms with van der Waals surface area (Å²) in [5.74, 6) is -3.95. The summed E-state index contributed by atoms with van der Waals surface area (Å²) in [7, 11) is 0. The normalized spacial score (nSPS) is 11.1. The van der Waals surface area contributed by atoms with E-state index < -0.39 is 46.4 Å². The number of nitrogens with one attached hydrogen (secondary N) is 1. The van der Waals surface area contributed by atoms with E-state index in [0.717, 1.165) is 0 Å². The summed E-state index contributed by atoms with van der Waals surface area (Å²) in [6.07, 6.45) is -6.30. The molecular formula is C8H5F3N2O6. The third kappa shape index (κ3) is 3.97. The molecule has 0 amide bonds. The van der Waals surface area contributed by atoms with E-state index in [0.29, 0.717) is 6.07 Å². The third-order valence-electron chi connectivity index (χ3n) is 1.82. The van der Waals surface area contributed by atoms with Crippen LogP contribution in [0, 0.1) is 10.1 Å². The number of hydrogen-bond acceptors (Lipinski definition) is 5. The molecule has 1 heterocycles. The van der Waals surface area contributed by atoms with E-state index in [1.807, 2.05) is 0 Å². The zero-order valence-electron chi connectivity index (χ0n) is 8.85. The molecule has 0 fully saturated rings. The van der Waals surface area contributed by atoms with Crippen molar-refractivity contribution in [1.82, 2.24) is 4.98 Å². The Hall–Kier alpha value is -2.59. The van der Waals surface area contributed by atoms with E-state index in [9.17, 15) is 32.9 Å². The first-order valence-electron chi connectivity index (χ1n) is 4.48. The van der Waals surface area contributed by atoms with E-state index in [2.05, 4.69) is 4.74 Å². The van der Waals surface area contributed by atoms with Gasteiger partial charge in [0.05, 0.1) is 18.1 Å². The van der Waals surface area contributed by atoms with Crippen molar-refractivity contribution in [1.29, 1.82) is 0 Å². The first-order chi connectivity index (χ1) is 8.60. The lowest BCUT2D eigenvalue weighted by molar-refractivity contribution is -0.390. The predicted octanol–water partition coefficient (Wildman–Crippen LogP) is 0.809. The largest absolute Gasteiger partial charge is 0.575 e. The second-order valence-corrected chi connectivity index (χ2v) is 3.20. The lowest BCUT2D eigenvalue weighted by Crippen LogP contribution is -2.23. The van der Waals surface area contributed by atoms with Gasteiger partial charge in [-0.2, -0.15) is 0 Å². The number of nitrogens with zero attached hydrogens (tertiary/aromatic N) is 1. The number of alkyl halides is 3. The number of aromatic amines is 1. The Bertz CT molecular complexity index is 579. The molecule has 0 saturated heterocycles. The van der Waals surface area contributed by atoms with Crippen molar-refractivity contribution >= 4 is 11.8 Å². The highest BCUT2D eigenvalue weighted by Gasteiger charge is 2.35. The zero-order valence-corrected chi connectivity index (χ0v) is 8.85. The Labute approximate surface area is 101 Å². The van der Waals surface area contributed by atoms with Gasteiger partial charge < -0.3 is 20.0 Å². The first-order valence-corrected chi connectivity index (χ1v) is 4.48. The van der Waals surface area contributed by atoms with Gasteiger partial charge in [-0.25, -0.2) is 4.98 Å². The number of H-pyrrole nitrogens is 1. The SMILES string of the molecule is O=C(O)Cc1c(OC(F)(F)F)[nH]c([N+](=O)[O-])cc1=O. The van der Waals surface area contributed by atoms with Gasteiger partial charge in [-0.05, 0) is 4.92 Å². The molecule has 0 unspecified atom stereocenters. The maximum atomic E-state index is 12.1. The van der Waals surface area contributed by atoms with Gasteiger partial charge in [0.2, 0.25) is 0 Å². The van der Waals surface area contributed by atoms with Gasteiger partial charge in [0.15, 0.2) is 5.43 Å². The maximum Gasteiger partial charge on any atom is 0.575 e. The highest BCUT2D eigenvalue weighted by atomic mass is 19.4.